The summed E-state index contributed by atoms with van der Waals surface area (Å²) < 4.78 is 0. The van der Waals surface area contributed by atoms with Crippen molar-refractivity contribution < 1.29 is 9.72 Å². The first-order chi connectivity index (χ1) is 17.3. The van der Waals surface area contributed by atoms with Crippen LogP contribution in [0.2, 0.25) is 0 Å². The topological polar surface area (TPSA) is 115 Å². The van der Waals surface area contributed by atoms with Crippen LogP contribution < -0.4 is 10.6 Å². The SMILES string of the molecule is Cc1cc2nn(-c3cccc4ccccc34)nc2cc1NC(=S)NC(=O)c1cccc([N+](=O)[O-])c1C. The van der Waals surface area contributed by atoms with E-state index in [1.54, 1.807) is 4.80 Å². The van der Waals surface area contributed by atoms with Gasteiger partial charge in [0, 0.05) is 28.3 Å². The van der Waals surface area contributed by atoms with Crippen LogP contribution in [0.5, 0.6) is 0 Å². The second kappa shape index (κ2) is 9.16. The van der Waals surface area contributed by atoms with Gasteiger partial charge in [0.2, 0.25) is 0 Å². The fraction of sp³-hybridized carbons (Fsp3) is 0.0769. The molecule has 0 aliphatic carbocycles. The lowest BCUT2D eigenvalue weighted by atomic mass is 10.1. The number of hydrogen-bond donors (Lipinski definition) is 2. The number of anilines is 1. The van der Waals surface area contributed by atoms with Crippen LogP contribution in [0.1, 0.15) is 21.5 Å². The van der Waals surface area contributed by atoms with Crippen LogP contribution >= 0.6 is 12.2 Å². The van der Waals surface area contributed by atoms with Crippen molar-refractivity contribution in [1.82, 2.24) is 20.3 Å². The standard InChI is InChI=1S/C26H20N6O3S/c1-15-13-21-22(30-31(29-21)24-12-5-8-17-7-3-4-9-19(17)24)14-20(15)27-26(36)28-25(33)18-10-6-11-23(16(18)2)32(34)35/h3-14H,1-2H3,(H2,27,28,33,36). The van der Waals surface area contributed by atoms with E-state index in [0.29, 0.717) is 16.7 Å². The molecule has 1 heterocycles. The Bertz CT molecular complexity index is 1690. The zero-order valence-corrected chi connectivity index (χ0v) is 20.2. The van der Waals surface area contributed by atoms with Gasteiger partial charge < -0.3 is 5.32 Å². The molecule has 1 aromatic heterocycles. The molecule has 2 N–H and O–H groups in total. The van der Waals surface area contributed by atoms with Crippen molar-refractivity contribution in [3.63, 3.8) is 0 Å². The van der Waals surface area contributed by atoms with E-state index in [4.69, 9.17) is 12.2 Å². The van der Waals surface area contributed by atoms with E-state index in [1.807, 2.05) is 61.5 Å². The Kier molecular flexibility index (Phi) is 5.87. The van der Waals surface area contributed by atoms with Gasteiger partial charge >= 0.3 is 0 Å². The number of fused-ring (bicyclic) bond motifs is 2. The van der Waals surface area contributed by atoms with Crippen molar-refractivity contribution in [1.29, 1.82) is 0 Å². The van der Waals surface area contributed by atoms with Crippen LogP contribution in [-0.2, 0) is 0 Å². The summed E-state index contributed by atoms with van der Waals surface area (Å²) >= 11 is 5.34. The first-order valence-corrected chi connectivity index (χ1v) is 11.4. The van der Waals surface area contributed by atoms with E-state index in [9.17, 15) is 14.9 Å². The molecule has 0 bridgehead atoms. The van der Waals surface area contributed by atoms with Crippen LogP contribution in [0, 0.1) is 24.0 Å². The lowest BCUT2D eigenvalue weighted by Gasteiger charge is -2.12. The highest BCUT2D eigenvalue weighted by Crippen LogP contribution is 2.25. The van der Waals surface area contributed by atoms with E-state index in [2.05, 4.69) is 20.8 Å². The third-order valence-corrected chi connectivity index (χ3v) is 6.13. The van der Waals surface area contributed by atoms with Gasteiger partial charge in [0.25, 0.3) is 11.6 Å². The summed E-state index contributed by atoms with van der Waals surface area (Å²) in [6, 6.07) is 22.1. The van der Waals surface area contributed by atoms with Gasteiger partial charge in [-0.1, -0.05) is 42.5 Å². The Hall–Kier alpha value is -4.70. The maximum atomic E-state index is 12.7. The first kappa shape index (κ1) is 23.1. The van der Waals surface area contributed by atoms with Gasteiger partial charge in [0.15, 0.2) is 5.11 Å². The highest BCUT2D eigenvalue weighted by molar-refractivity contribution is 7.80. The van der Waals surface area contributed by atoms with Gasteiger partial charge in [0.05, 0.1) is 10.6 Å². The minimum absolute atomic E-state index is 0.0646. The molecule has 10 heteroatoms. The maximum Gasteiger partial charge on any atom is 0.273 e. The predicted octanol–water partition coefficient (Wildman–Crippen LogP) is 5.23. The number of carbonyl (C=O) groups is 1. The fourth-order valence-electron chi connectivity index (χ4n) is 4.08. The Morgan fingerprint density at radius 3 is 2.44 bits per heavy atom. The van der Waals surface area contributed by atoms with Gasteiger partial charge in [-0.2, -0.15) is 0 Å². The number of nitro benzene ring substituents is 1. The zero-order chi connectivity index (χ0) is 25.4. The summed E-state index contributed by atoms with van der Waals surface area (Å²) in [6.07, 6.45) is 0. The van der Waals surface area contributed by atoms with Gasteiger partial charge in [-0.15, -0.1) is 15.0 Å². The van der Waals surface area contributed by atoms with Crippen LogP contribution in [0.4, 0.5) is 11.4 Å². The molecule has 0 radical (unpaired) electrons. The van der Waals surface area contributed by atoms with Crippen LogP contribution in [0.15, 0.2) is 72.8 Å². The molecule has 178 valence electrons. The summed E-state index contributed by atoms with van der Waals surface area (Å²) in [4.78, 5) is 25.0. The zero-order valence-electron chi connectivity index (χ0n) is 19.4. The second-order valence-corrected chi connectivity index (χ2v) is 8.67. The van der Waals surface area contributed by atoms with E-state index in [1.165, 1.54) is 25.1 Å². The smallest absolute Gasteiger partial charge is 0.273 e. The lowest BCUT2D eigenvalue weighted by molar-refractivity contribution is -0.385. The number of hydrogen-bond acceptors (Lipinski definition) is 6. The average Bonchev–Trinajstić information content (AvgIpc) is 3.26. The molecule has 36 heavy (non-hydrogen) atoms. The van der Waals surface area contributed by atoms with E-state index < -0.39 is 10.8 Å². The number of aryl methyl sites for hydroxylation is 1. The monoisotopic (exact) mass is 496 g/mol. The number of nitrogens with zero attached hydrogens (tertiary/aromatic N) is 4. The number of benzene rings is 4. The lowest BCUT2D eigenvalue weighted by Crippen LogP contribution is -2.34. The van der Waals surface area contributed by atoms with E-state index in [0.717, 1.165) is 22.0 Å². The van der Waals surface area contributed by atoms with Crippen molar-refractivity contribution in [2.45, 2.75) is 13.8 Å². The molecule has 0 spiro atoms. The van der Waals surface area contributed by atoms with Gasteiger partial charge in [-0.3, -0.25) is 20.2 Å². The minimum Gasteiger partial charge on any atom is -0.332 e. The van der Waals surface area contributed by atoms with E-state index in [-0.39, 0.29) is 21.9 Å². The largest absolute Gasteiger partial charge is 0.332 e. The molecule has 0 unspecified atom stereocenters. The summed E-state index contributed by atoms with van der Waals surface area (Å²) in [5.74, 6) is -0.533. The number of nitro groups is 1. The molecule has 0 atom stereocenters. The van der Waals surface area contributed by atoms with Crippen molar-refractivity contribution in [3.8, 4) is 5.69 Å². The highest BCUT2D eigenvalue weighted by atomic mass is 32.1. The molecule has 0 saturated carbocycles. The number of rotatable bonds is 4. The normalized spacial score (nSPS) is 10.9. The van der Waals surface area contributed by atoms with Crippen LogP contribution in [0.3, 0.4) is 0 Å². The van der Waals surface area contributed by atoms with Gasteiger partial charge in [-0.05, 0) is 61.3 Å². The molecule has 5 aromatic rings. The van der Waals surface area contributed by atoms with Crippen molar-refractivity contribution in [2.75, 3.05) is 5.32 Å². The highest BCUT2D eigenvalue weighted by Gasteiger charge is 2.19. The molecule has 4 aromatic carbocycles. The molecule has 5 rings (SSSR count). The average molecular weight is 497 g/mol. The third kappa shape index (κ3) is 4.25. The van der Waals surface area contributed by atoms with Crippen LogP contribution in [-0.4, -0.2) is 30.9 Å². The third-order valence-electron chi connectivity index (χ3n) is 5.93. The summed E-state index contributed by atoms with van der Waals surface area (Å²) in [5.41, 5.74) is 4.07. The molecule has 0 aliphatic rings. The summed E-state index contributed by atoms with van der Waals surface area (Å²) in [6.45, 7) is 3.43. The van der Waals surface area contributed by atoms with Gasteiger partial charge in [-0.25, -0.2) is 0 Å². The molecular weight excluding hydrogens is 476 g/mol. The molecule has 1 amide bonds. The summed E-state index contributed by atoms with van der Waals surface area (Å²) in [7, 11) is 0. The molecular formula is C26H20N6O3S. The molecule has 0 fully saturated rings. The Morgan fingerprint density at radius 1 is 0.972 bits per heavy atom. The predicted molar refractivity (Wildman–Crippen MR) is 143 cm³/mol. The maximum absolute atomic E-state index is 12.7. The number of carbonyl (C=O) groups excluding carboxylic acids is 1. The molecule has 0 aliphatic heterocycles. The summed E-state index contributed by atoms with van der Waals surface area (Å²) in [5, 5.41) is 28.3. The Labute approximate surface area is 210 Å². The minimum atomic E-state index is -0.533. The quantitative estimate of drug-likeness (QED) is 0.199. The van der Waals surface area contributed by atoms with Crippen molar-refractivity contribution in [3.05, 3.63) is 99.6 Å². The number of amides is 1. The molecule has 0 saturated heterocycles. The van der Waals surface area contributed by atoms with Crippen LogP contribution in [0.25, 0.3) is 27.5 Å². The van der Waals surface area contributed by atoms with Gasteiger partial charge in [0.1, 0.15) is 11.0 Å². The molecule has 9 nitrogen and oxygen atoms in total. The van der Waals surface area contributed by atoms with Crippen molar-refractivity contribution in [2.24, 2.45) is 0 Å². The number of nitrogens with one attached hydrogen (secondary N) is 2. The fourth-order valence-corrected chi connectivity index (χ4v) is 4.29. The van der Waals surface area contributed by atoms with Crippen molar-refractivity contribution >= 4 is 56.4 Å². The second-order valence-electron chi connectivity index (χ2n) is 8.26. The number of thiocarbonyl (C=S) groups is 1. The number of aromatic nitrogens is 3. The first-order valence-electron chi connectivity index (χ1n) is 11.0. The van der Waals surface area contributed by atoms with E-state index >= 15 is 0 Å². The Morgan fingerprint density at radius 2 is 1.67 bits per heavy atom. The Balaban J connectivity index is 1.40.